The van der Waals surface area contributed by atoms with E-state index in [1.165, 1.54) is 0 Å². The molecule has 68 valence electrons. The molecule has 2 fully saturated rings. The normalized spacial score (nSPS) is 52.9. The standard InChI is InChI=1S/C10H16O2/c1-6-3-8(11)7-4-10(6,2)5-9(7)12/h6-8,11H,3-5H2,1-2H3. The first-order chi connectivity index (χ1) is 5.53. The van der Waals surface area contributed by atoms with E-state index in [-0.39, 0.29) is 23.2 Å². The van der Waals surface area contributed by atoms with Crippen LogP contribution in [-0.4, -0.2) is 17.0 Å². The second-order valence-electron chi connectivity index (χ2n) is 4.81. The summed E-state index contributed by atoms with van der Waals surface area (Å²) in [6, 6.07) is 0. The number of aliphatic hydroxyl groups excluding tert-OH is 1. The first kappa shape index (κ1) is 8.24. The lowest BCUT2D eigenvalue weighted by atomic mass is 9.69. The highest BCUT2D eigenvalue weighted by Crippen LogP contribution is 2.52. The Morgan fingerprint density at radius 3 is 2.92 bits per heavy atom. The van der Waals surface area contributed by atoms with Crippen molar-refractivity contribution in [1.29, 1.82) is 0 Å². The molecule has 0 spiro atoms. The molecule has 1 N–H and O–H groups in total. The fourth-order valence-corrected chi connectivity index (χ4v) is 2.75. The van der Waals surface area contributed by atoms with Crippen LogP contribution in [0.2, 0.25) is 0 Å². The Morgan fingerprint density at radius 1 is 1.58 bits per heavy atom. The van der Waals surface area contributed by atoms with E-state index in [2.05, 4.69) is 13.8 Å². The largest absolute Gasteiger partial charge is 0.392 e. The molecule has 0 heterocycles. The molecule has 0 aliphatic heterocycles. The Bertz CT molecular complexity index is 224. The van der Waals surface area contributed by atoms with Crippen LogP contribution in [-0.2, 0) is 4.79 Å². The fourth-order valence-electron chi connectivity index (χ4n) is 2.75. The van der Waals surface area contributed by atoms with E-state index >= 15 is 0 Å². The topological polar surface area (TPSA) is 37.3 Å². The molecule has 4 atom stereocenters. The summed E-state index contributed by atoms with van der Waals surface area (Å²) in [4.78, 5) is 11.5. The smallest absolute Gasteiger partial charge is 0.139 e. The zero-order chi connectivity index (χ0) is 8.93. The maximum absolute atomic E-state index is 11.5. The van der Waals surface area contributed by atoms with Gasteiger partial charge in [0, 0.05) is 12.3 Å². The van der Waals surface area contributed by atoms with E-state index < -0.39 is 0 Å². The molecule has 2 bridgehead atoms. The van der Waals surface area contributed by atoms with Gasteiger partial charge in [0.1, 0.15) is 5.78 Å². The summed E-state index contributed by atoms with van der Waals surface area (Å²) in [6.45, 7) is 4.33. The lowest BCUT2D eigenvalue weighted by Gasteiger charge is -2.37. The molecular weight excluding hydrogens is 152 g/mol. The van der Waals surface area contributed by atoms with Crippen molar-refractivity contribution in [1.82, 2.24) is 0 Å². The summed E-state index contributed by atoms with van der Waals surface area (Å²) < 4.78 is 0. The minimum atomic E-state index is -0.358. The third-order valence-corrected chi connectivity index (χ3v) is 3.93. The molecule has 2 rings (SSSR count). The summed E-state index contributed by atoms with van der Waals surface area (Å²) in [7, 11) is 0. The van der Waals surface area contributed by atoms with Gasteiger partial charge in [-0.25, -0.2) is 0 Å². The second kappa shape index (κ2) is 2.32. The van der Waals surface area contributed by atoms with Crippen LogP contribution in [0.15, 0.2) is 0 Å². The Kier molecular flexibility index (Phi) is 1.59. The fraction of sp³-hybridized carbons (Fsp3) is 0.900. The van der Waals surface area contributed by atoms with Crippen molar-refractivity contribution in [2.45, 2.75) is 39.2 Å². The number of fused-ring (bicyclic) bond motifs is 2. The highest BCUT2D eigenvalue weighted by Gasteiger charge is 2.51. The molecule has 2 aliphatic rings. The average Bonchev–Trinajstić information content (AvgIpc) is 2.23. The molecule has 2 aliphatic carbocycles. The van der Waals surface area contributed by atoms with Crippen LogP contribution in [0.3, 0.4) is 0 Å². The van der Waals surface area contributed by atoms with Crippen LogP contribution in [0.5, 0.6) is 0 Å². The number of ketones is 1. The molecule has 2 saturated carbocycles. The number of carbonyl (C=O) groups excluding carboxylic acids is 1. The summed E-state index contributed by atoms with van der Waals surface area (Å²) in [6.07, 6.45) is 2.06. The SMILES string of the molecule is CC1CC(O)C2CC1(C)CC2=O. The van der Waals surface area contributed by atoms with Gasteiger partial charge in [-0.15, -0.1) is 0 Å². The van der Waals surface area contributed by atoms with E-state index in [4.69, 9.17) is 0 Å². The maximum Gasteiger partial charge on any atom is 0.139 e. The van der Waals surface area contributed by atoms with Crippen molar-refractivity contribution in [2.75, 3.05) is 0 Å². The molecule has 4 unspecified atom stereocenters. The number of aliphatic hydroxyl groups is 1. The van der Waals surface area contributed by atoms with Crippen LogP contribution in [0, 0.1) is 17.3 Å². The first-order valence-corrected chi connectivity index (χ1v) is 4.74. The van der Waals surface area contributed by atoms with E-state index in [0.29, 0.717) is 12.3 Å². The van der Waals surface area contributed by atoms with Gasteiger partial charge < -0.3 is 5.11 Å². The third kappa shape index (κ3) is 0.939. The Balaban J connectivity index is 2.29. The lowest BCUT2D eigenvalue weighted by molar-refractivity contribution is -0.123. The molecule has 2 heteroatoms. The minimum absolute atomic E-state index is 0.0359. The van der Waals surface area contributed by atoms with Gasteiger partial charge in [0.05, 0.1) is 6.10 Å². The predicted molar refractivity (Wildman–Crippen MR) is 45.6 cm³/mol. The number of rotatable bonds is 0. The van der Waals surface area contributed by atoms with Crippen molar-refractivity contribution in [3.63, 3.8) is 0 Å². The van der Waals surface area contributed by atoms with Gasteiger partial charge in [0.2, 0.25) is 0 Å². The minimum Gasteiger partial charge on any atom is -0.392 e. The van der Waals surface area contributed by atoms with Crippen LogP contribution < -0.4 is 0 Å². The Morgan fingerprint density at radius 2 is 2.25 bits per heavy atom. The predicted octanol–water partition coefficient (Wildman–Crippen LogP) is 1.37. The first-order valence-electron chi connectivity index (χ1n) is 4.74. The number of hydrogen-bond acceptors (Lipinski definition) is 2. The molecule has 0 saturated heterocycles. The van der Waals surface area contributed by atoms with Gasteiger partial charge in [-0.1, -0.05) is 13.8 Å². The summed E-state index contributed by atoms with van der Waals surface area (Å²) in [5, 5.41) is 9.63. The number of Topliss-reactive ketones (excluding diaryl/α,β-unsaturated/α-hetero) is 1. The zero-order valence-electron chi connectivity index (χ0n) is 7.71. The molecular formula is C10H16O2. The quantitative estimate of drug-likeness (QED) is 0.593. The lowest BCUT2D eigenvalue weighted by Crippen LogP contribution is -2.34. The Labute approximate surface area is 73.0 Å². The molecule has 0 aromatic heterocycles. The van der Waals surface area contributed by atoms with Gasteiger partial charge in [-0.05, 0) is 24.2 Å². The van der Waals surface area contributed by atoms with Gasteiger partial charge in [-0.2, -0.15) is 0 Å². The van der Waals surface area contributed by atoms with E-state index in [1.54, 1.807) is 0 Å². The van der Waals surface area contributed by atoms with Crippen LogP contribution >= 0.6 is 0 Å². The van der Waals surface area contributed by atoms with Crippen molar-refractivity contribution in [2.24, 2.45) is 17.3 Å². The Hall–Kier alpha value is -0.370. The highest BCUT2D eigenvalue weighted by atomic mass is 16.3. The van der Waals surface area contributed by atoms with Gasteiger partial charge in [0.15, 0.2) is 0 Å². The van der Waals surface area contributed by atoms with Gasteiger partial charge in [0.25, 0.3) is 0 Å². The van der Waals surface area contributed by atoms with Crippen molar-refractivity contribution < 1.29 is 9.90 Å². The van der Waals surface area contributed by atoms with Crippen molar-refractivity contribution in [3.8, 4) is 0 Å². The van der Waals surface area contributed by atoms with Crippen molar-refractivity contribution >= 4 is 5.78 Å². The monoisotopic (exact) mass is 168 g/mol. The van der Waals surface area contributed by atoms with E-state index in [1.807, 2.05) is 0 Å². The van der Waals surface area contributed by atoms with Crippen molar-refractivity contribution in [3.05, 3.63) is 0 Å². The summed E-state index contributed by atoms with van der Waals surface area (Å²) >= 11 is 0. The number of hydrogen-bond donors (Lipinski definition) is 1. The second-order valence-corrected chi connectivity index (χ2v) is 4.81. The van der Waals surface area contributed by atoms with Crippen LogP contribution in [0.4, 0.5) is 0 Å². The average molecular weight is 168 g/mol. The van der Waals surface area contributed by atoms with E-state index in [9.17, 15) is 9.90 Å². The van der Waals surface area contributed by atoms with Crippen LogP contribution in [0.25, 0.3) is 0 Å². The molecule has 0 aromatic rings. The maximum atomic E-state index is 11.5. The summed E-state index contributed by atoms with van der Waals surface area (Å²) in [5.41, 5.74) is 0.195. The number of carbonyl (C=O) groups is 1. The summed E-state index contributed by atoms with van der Waals surface area (Å²) in [5.74, 6) is 0.746. The third-order valence-electron chi connectivity index (χ3n) is 3.93. The molecule has 0 aromatic carbocycles. The zero-order valence-corrected chi connectivity index (χ0v) is 7.71. The van der Waals surface area contributed by atoms with Crippen LogP contribution in [0.1, 0.15) is 33.1 Å². The van der Waals surface area contributed by atoms with Gasteiger partial charge >= 0.3 is 0 Å². The van der Waals surface area contributed by atoms with E-state index in [0.717, 1.165) is 12.8 Å². The molecule has 0 amide bonds. The molecule has 12 heavy (non-hydrogen) atoms. The van der Waals surface area contributed by atoms with Gasteiger partial charge in [-0.3, -0.25) is 4.79 Å². The highest BCUT2D eigenvalue weighted by molar-refractivity contribution is 5.85. The molecule has 0 radical (unpaired) electrons. The molecule has 2 nitrogen and oxygen atoms in total.